The Hall–Kier alpha value is -3.20. The van der Waals surface area contributed by atoms with Gasteiger partial charge >= 0.3 is 0 Å². The van der Waals surface area contributed by atoms with Crippen LogP contribution in [-0.2, 0) is 14.4 Å². The van der Waals surface area contributed by atoms with Crippen molar-refractivity contribution >= 4 is 34.4 Å². The van der Waals surface area contributed by atoms with Crippen LogP contribution in [0.2, 0.25) is 0 Å². The van der Waals surface area contributed by atoms with E-state index in [9.17, 15) is 24.3 Å². The van der Waals surface area contributed by atoms with Crippen LogP contribution in [0.4, 0.5) is 0 Å². The molecule has 0 saturated carbocycles. The van der Waals surface area contributed by atoms with Crippen molar-refractivity contribution in [3.05, 3.63) is 36.0 Å². The summed E-state index contributed by atoms with van der Waals surface area (Å²) in [5, 5.41) is 18.4. The third-order valence-electron chi connectivity index (χ3n) is 5.76. The highest BCUT2D eigenvalue weighted by Gasteiger charge is 2.34. The van der Waals surface area contributed by atoms with Gasteiger partial charge in [-0.05, 0) is 36.8 Å². The summed E-state index contributed by atoms with van der Waals surface area (Å²) in [5.74, 6) is -2.11. The van der Waals surface area contributed by atoms with Gasteiger partial charge in [0.2, 0.25) is 11.8 Å². The summed E-state index contributed by atoms with van der Waals surface area (Å²) in [6.45, 7) is 5.61. The average Bonchev–Trinajstić information content (AvgIpc) is 3.37. The van der Waals surface area contributed by atoms with E-state index in [-0.39, 0.29) is 17.7 Å². The minimum atomic E-state index is -1.01. The molecule has 1 aliphatic heterocycles. The lowest BCUT2D eigenvalue weighted by Crippen LogP contribution is -2.53. The molecule has 0 spiro atoms. The molecule has 1 aromatic carbocycles. The van der Waals surface area contributed by atoms with Gasteiger partial charge < -0.3 is 26.0 Å². The lowest BCUT2D eigenvalue weighted by molar-refractivity contribution is -0.131. The van der Waals surface area contributed by atoms with Gasteiger partial charge in [-0.15, -0.1) is 0 Å². The second kappa shape index (κ2) is 10.2. The van der Waals surface area contributed by atoms with Crippen LogP contribution in [0.1, 0.15) is 50.5 Å². The van der Waals surface area contributed by atoms with Gasteiger partial charge in [0.05, 0.1) is 6.04 Å². The Bertz CT molecular complexity index is 1010. The van der Waals surface area contributed by atoms with Crippen molar-refractivity contribution in [2.75, 3.05) is 13.2 Å². The van der Waals surface area contributed by atoms with Gasteiger partial charge in [-0.1, -0.05) is 39.0 Å². The Labute approximate surface area is 192 Å². The number of benzene rings is 1. The Morgan fingerprint density at radius 3 is 2.48 bits per heavy atom. The van der Waals surface area contributed by atoms with Crippen molar-refractivity contribution in [3.8, 4) is 0 Å². The fraction of sp³-hybridized carbons (Fsp3) is 0.500. The first-order chi connectivity index (χ1) is 15.6. The summed E-state index contributed by atoms with van der Waals surface area (Å²) >= 11 is 0. The van der Waals surface area contributed by atoms with Gasteiger partial charge in [0, 0.05) is 23.4 Å². The van der Waals surface area contributed by atoms with Gasteiger partial charge in [0.15, 0.2) is 5.78 Å². The van der Waals surface area contributed by atoms with E-state index in [0.717, 1.165) is 10.9 Å². The number of hydrogen-bond donors (Lipinski definition) is 5. The maximum atomic E-state index is 13.2. The zero-order valence-corrected chi connectivity index (χ0v) is 19.2. The number of fused-ring (bicyclic) bond motifs is 1. The maximum Gasteiger partial charge on any atom is 0.268 e. The summed E-state index contributed by atoms with van der Waals surface area (Å²) in [6, 6.07) is 7.27. The van der Waals surface area contributed by atoms with Crippen LogP contribution >= 0.6 is 0 Å². The fourth-order valence-electron chi connectivity index (χ4n) is 4.06. The highest BCUT2D eigenvalue weighted by molar-refractivity contribution is 6.00. The number of aliphatic hydroxyl groups excluding tert-OH is 1. The lowest BCUT2D eigenvalue weighted by Gasteiger charge is -2.28. The predicted octanol–water partition coefficient (Wildman–Crippen LogP) is 1.27. The molecule has 178 valence electrons. The smallest absolute Gasteiger partial charge is 0.268 e. The summed E-state index contributed by atoms with van der Waals surface area (Å²) < 4.78 is 0. The van der Waals surface area contributed by atoms with Crippen molar-refractivity contribution in [1.82, 2.24) is 20.9 Å². The Morgan fingerprint density at radius 1 is 1.15 bits per heavy atom. The minimum absolute atomic E-state index is 0.106. The number of ketones is 1. The summed E-state index contributed by atoms with van der Waals surface area (Å²) in [6.07, 6.45) is 0.996. The molecule has 33 heavy (non-hydrogen) atoms. The third kappa shape index (κ3) is 6.41. The predicted molar refractivity (Wildman–Crippen MR) is 123 cm³/mol. The van der Waals surface area contributed by atoms with Crippen molar-refractivity contribution in [3.63, 3.8) is 0 Å². The standard InChI is InChI=1S/C24H32N4O5/c1-24(2,3)12-19(28-22(32)18-10-14-6-4-5-7-16(14)26-18)23(33)27-17(20(30)13-29)11-15-8-9-25-21(15)31/h4-7,10,15,17,19,26,29H,8-9,11-13H2,1-3H3,(H,25,31)(H,27,33)(H,28,32)/t15-,17?,19?/m0/s1. The topological polar surface area (TPSA) is 140 Å². The highest BCUT2D eigenvalue weighted by Crippen LogP contribution is 2.23. The monoisotopic (exact) mass is 456 g/mol. The number of para-hydroxylation sites is 1. The van der Waals surface area contributed by atoms with E-state index < -0.39 is 42.2 Å². The van der Waals surface area contributed by atoms with Gasteiger partial charge in [-0.3, -0.25) is 19.2 Å². The number of aliphatic hydroxyl groups is 1. The van der Waals surface area contributed by atoms with Crippen LogP contribution in [0.15, 0.2) is 30.3 Å². The number of carbonyl (C=O) groups excluding carboxylic acids is 4. The molecule has 0 radical (unpaired) electrons. The molecule has 5 N–H and O–H groups in total. The number of aromatic nitrogens is 1. The molecule has 0 aliphatic carbocycles. The van der Waals surface area contributed by atoms with Crippen LogP contribution in [0.25, 0.3) is 10.9 Å². The number of H-pyrrole nitrogens is 1. The van der Waals surface area contributed by atoms with Gasteiger partial charge in [0.1, 0.15) is 18.3 Å². The van der Waals surface area contributed by atoms with Crippen LogP contribution < -0.4 is 16.0 Å². The van der Waals surface area contributed by atoms with Crippen molar-refractivity contribution in [2.45, 2.75) is 52.1 Å². The van der Waals surface area contributed by atoms with Crippen LogP contribution in [0.5, 0.6) is 0 Å². The molecule has 1 fully saturated rings. The number of Topliss-reactive ketones (excluding diaryl/α,β-unsaturated/α-hetero) is 1. The van der Waals surface area contributed by atoms with E-state index in [1.165, 1.54) is 0 Å². The normalized spacial score (nSPS) is 17.9. The molecule has 3 rings (SSSR count). The number of rotatable bonds is 9. The molecular formula is C24H32N4O5. The molecule has 1 saturated heterocycles. The number of nitrogens with one attached hydrogen (secondary N) is 4. The molecule has 3 amide bonds. The molecule has 0 bridgehead atoms. The van der Waals surface area contributed by atoms with E-state index in [1.54, 1.807) is 6.07 Å². The SMILES string of the molecule is CC(C)(C)CC(NC(=O)c1cc2ccccc2[nH]1)C(=O)NC(C[C@@H]1CCNC1=O)C(=O)CO. The number of hydrogen-bond acceptors (Lipinski definition) is 5. The summed E-state index contributed by atoms with van der Waals surface area (Å²) in [5.41, 5.74) is 0.842. The maximum absolute atomic E-state index is 13.2. The summed E-state index contributed by atoms with van der Waals surface area (Å²) in [4.78, 5) is 53.4. The molecule has 9 nitrogen and oxygen atoms in total. The number of carbonyl (C=O) groups is 4. The van der Waals surface area contributed by atoms with E-state index in [2.05, 4.69) is 20.9 Å². The van der Waals surface area contributed by atoms with Crippen LogP contribution in [-0.4, -0.2) is 58.8 Å². The Kier molecular flexibility index (Phi) is 7.53. The molecule has 2 unspecified atom stereocenters. The second-order valence-corrected chi connectivity index (χ2v) is 9.76. The third-order valence-corrected chi connectivity index (χ3v) is 5.76. The number of amides is 3. The van der Waals surface area contributed by atoms with E-state index in [1.807, 2.05) is 45.0 Å². The second-order valence-electron chi connectivity index (χ2n) is 9.76. The minimum Gasteiger partial charge on any atom is -0.389 e. The average molecular weight is 457 g/mol. The lowest BCUT2D eigenvalue weighted by atomic mass is 9.87. The quantitative estimate of drug-likeness (QED) is 0.387. The zero-order valence-electron chi connectivity index (χ0n) is 19.2. The summed E-state index contributed by atoms with van der Waals surface area (Å²) in [7, 11) is 0. The largest absolute Gasteiger partial charge is 0.389 e. The number of aromatic amines is 1. The molecule has 9 heteroatoms. The van der Waals surface area contributed by atoms with Crippen molar-refractivity contribution < 1.29 is 24.3 Å². The van der Waals surface area contributed by atoms with Crippen LogP contribution in [0, 0.1) is 11.3 Å². The zero-order chi connectivity index (χ0) is 24.2. The van der Waals surface area contributed by atoms with Crippen molar-refractivity contribution in [2.24, 2.45) is 11.3 Å². The molecule has 2 heterocycles. The first-order valence-corrected chi connectivity index (χ1v) is 11.2. The fourth-order valence-corrected chi connectivity index (χ4v) is 4.06. The van der Waals surface area contributed by atoms with Gasteiger partial charge in [-0.25, -0.2) is 0 Å². The van der Waals surface area contributed by atoms with Gasteiger partial charge in [0.25, 0.3) is 5.91 Å². The van der Waals surface area contributed by atoms with E-state index in [4.69, 9.17) is 0 Å². The molecule has 1 aromatic heterocycles. The first-order valence-electron chi connectivity index (χ1n) is 11.2. The van der Waals surface area contributed by atoms with Crippen molar-refractivity contribution in [1.29, 1.82) is 0 Å². The molecule has 1 aliphatic rings. The molecule has 2 aromatic rings. The Morgan fingerprint density at radius 2 is 1.88 bits per heavy atom. The van der Waals surface area contributed by atoms with Crippen LogP contribution in [0.3, 0.4) is 0 Å². The Balaban J connectivity index is 1.76. The van der Waals surface area contributed by atoms with E-state index >= 15 is 0 Å². The first kappa shape index (κ1) is 24.4. The molecule has 3 atom stereocenters. The van der Waals surface area contributed by atoms with Gasteiger partial charge in [-0.2, -0.15) is 0 Å². The molecular weight excluding hydrogens is 424 g/mol. The van der Waals surface area contributed by atoms with E-state index in [0.29, 0.717) is 25.1 Å². The highest BCUT2D eigenvalue weighted by atomic mass is 16.3.